The largest absolute Gasteiger partial charge is 0.494 e. The van der Waals surface area contributed by atoms with Gasteiger partial charge in [0.25, 0.3) is 0 Å². The number of aryl methyl sites for hydroxylation is 1. The average Bonchev–Trinajstić information content (AvgIpc) is 2.25. The van der Waals surface area contributed by atoms with Gasteiger partial charge in [-0.2, -0.15) is 0 Å². The van der Waals surface area contributed by atoms with Gasteiger partial charge in [0.2, 0.25) is 0 Å². The highest BCUT2D eigenvalue weighted by Crippen LogP contribution is 2.23. The van der Waals surface area contributed by atoms with Gasteiger partial charge in [-0.3, -0.25) is 0 Å². The van der Waals surface area contributed by atoms with E-state index in [2.05, 4.69) is 6.92 Å². The lowest BCUT2D eigenvalue weighted by atomic mass is 10.0. The van der Waals surface area contributed by atoms with Crippen LogP contribution in [0.4, 0.5) is 0 Å². The molecule has 0 atom stereocenters. The molecule has 0 radical (unpaired) electrons. The Bertz CT molecular complexity index is 433. The molecule has 0 aliphatic carbocycles. The van der Waals surface area contributed by atoms with E-state index in [1.807, 2.05) is 25.1 Å². The molecule has 1 N–H and O–H groups in total. The number of allylic oxidation sites excluding steroid dienone is 1. The molecule has 1 aromatic rings. The first-order valence-electron chi connectivity index (χ1n) is 5.69. The van der Waals surface area contributed by atoms with E-state index < -0.39 is 5.97 Å². The Morgan fingerprint density at radius 3 is 2.71 bits per heavy atom. The molecule has 3 nitrogen and oxygen atoms in total. The van der Waals surface area contributed by atoms with Crippen LogP contribution in [0.1, 0.15) is 31.4 Å². The summed E-state index contributed by atoms with van der Waals surface area (Å²) in [6, 6.07) is 5.70. The van der Waals surface area contributed by atoms with Gasteiger partial charge in [-0.15, -0.1) is 0 Å². The highest BCUT2D eigenvalue weighted by molar-refractivity contribution is 5.89. The van der Waals surface area contributed by atoms with E-state index in [9.17, 15) is 4.79 Å². The maximum absolute atomic E-state index is 10.6. The first kappa shape index (κ1) is 13.3. The summed E-state index contributed by atoms with van der Waals surface area (Å²) in [6.45, 7) is 6.50. The number of aliphatic carboxylic acids is 1. The maximum atomic E-state index is 10.6. The second-order valence-corrected chi connectivity index (χ2v) is 3.99. The van der Waals surface area contributed by atoms with Crippen molar-refractivity contribution in [1.29, 1.82) is 0 Å². The van der Waals surface area contributed by atoms with E-state index in [1.54, 1.807) is 6.92 Å². The number of carboxylic acids is 1. The van der Waals surface area contributed by atoms with Gasteiger partial charge in [-0.1, -0.05) is 13.0 Å². The van der Waals surface area contributed by atoms with Crippen LogP contribution in [0.3, 0.4) is 0 Å². The Hall–Kier alpha value is -1.77. The fraction of sp³-hybridized carbons (Fsp3) is 0.357. The molecule has 0 amide bonds. The number of hydrogen-bond acceptors (Lipinski definition) is 2. The molecule has 0 spiro atoms. The van der Waals surface area contributed by atoms with Gasteiger partial charge in [-0.05, 0) is 49.1 Å². The van der Waals surface area contributed by atoms with Crippen molar-refractivity contribution in [3.8, 4) is 5.75 Å². The van der Waals surface area contributed by atoms with Gasteiger partial charge in [0, 0.05) is 6.08 Å². The van der Waals surface area contributed by atoms with Crippen LogP contribution in [0.5, 0.6) is 5.75 Å². The van der Waals surface area contributed by atoms with Crippen molar-refractivity contribution in [3.63, 3.8) is 0 Å². The van der Waals surface area contributed by atoms with Crippen molar-refractivity contribution in [2.45, 2.75) is 27.2 Å². The second-order valence-electron chi connectivity index (χ2n) is 3.99. The average molecular weight is 234 g/mol. The number of carboxylic acid groups (broad SMARTS) is 1. The minimum Gasteiger partial charge on any atom is -0.494 e. The van der Waals surface area contributed by atoms with Crippen LogP contribution >= 0.6 is 0 Å². The van der Waals surface area contributed by atoms with Crippen LogP contribution in [0.25, 0.3) is 5.57 Å². The second kappa shape index (κ2) is 6.09. The van der Waals surface area contributed by atoms with E-state index in [4.69, 9.17) is 9.84 Å². The summed E-state index contributed by atoms with van der Waals surface area (Å²) < 4.78 is 5.52. The van der Waals surface area contributed by atoms with Gasteiger partial charge >= 0.3 is 5.97 Å². The van der Waals surface area contributed by atoms with Gasteiger partial charge in [0.1, 0.15) is 5.75 Å². The molecule has 0 heterocycles. The van der Waals surface area contributed by atoms with E-state index in [0.717, 1.165) is 28.9 Å². The normalized spacial score (nSPS) is 11.4. The topological polar surface area (TPSA) is 46.5 Å². The van der Waals surface area contributed by atoms with E-state index in [1.165, 1.54) is 6.08 Å². The first-order valence-corrected chi connectivity index (χ1v) is 5.69. The molecule has 0 bridgehead atoms. The molecular weight excluding hydrogens is 216 g/mol. The molecule has 0 fully saturated rings. The lowest BCUT2D eigenvalue weighted by molar-refractivity contribution is -0.131. The predicted octanol–water partition coefficient (Wildman–Crippen LogP) is 3.27. The van der Waals surface area contributed by atoms with Gasteiger partial charge in [0.05, 0.1) is 6.61 Å². The third-order valence-electron chi connectivity index (χ3n) is 2.44. The standard InChI is InChI=1S/C14H18O3/c1-4-7-17-12-5-6-13(10(2)8-12)11(3)9-14(15)16/h5-6,8-9H,4,7H2,1-3H3,(H,15,16)/b11-9+. The van der Waals surface area contributed by atoms with Crippen molar-refractivity contribution < 1.29 is 14.6 Å². The van der Waals surface area contributed by atoms with Gasteiger partial charge in [0.15, 0.2) is 0 Å². The maximum Gasteiger partial charge on any atom is 0.328 e. The molecule has 92 valence electrons. The van der Waals surface area contributed by atoms with Crippen LogP contribution in [0, 0.1) is 6.92 Å². The molecule has 0 aromatic heterocycles. The minimum atomic E-state index is -0.923. The third kappa shape index (κ3) is 3.94. The Balaban J connectivity index is 2.93. The SMILES string of the molecule is CCCOc1ccc(/C(C)=C/C(=O)O)c(C)c1. The first-order chi connectivity index (χ1) is 8.04. The third-order valence-corrected chi connectivity index (χ3v) is 2.44. The quantitative estimate of drug-likeness (QED) is 0.795. The predicted molar refractivity (Wildman–Crippen MR) is 68.3 cm³/mol. The summed E-state index contributed by atoms with van der Waals surface area (Å²) in [5.74, 6) is -0.0931. The summed E-state index contributed by atoms with van der Waals surface area (Å²) in [6.07, 6.45) is 2.19. The van der Waals surface area contributed by atoms with Gasteiger partial charge < -0.3 is 9.84 Å². The summed E-state index contributed by atoms with van der Waals surface area (Å²) in [4.78, 5) is 10.6. The van der Waals surface area contributed by atoms with Gasteiger partial charge in [-0.25, -0.2) is 4.79 Å². The monoisotopic (exact) mass is 234 g/mol. The molecule has 17 heavy (non-hydrogen) atoms. The highest BCUT2D eigenvalue weighted by Gasteiger charge is 2.04. The summed E-state index contributed by atoms with van der Waals surface area (Å²) in [5.41, 5.74) is 2.71. The molecule has 1 aromatic carbocycles. The minimum absolute atomic E-state index is 0.697. The van der Waals surface area contributed by atoms with Crippen molar-refractivity contribution in [3.05, 3.63) is 35.4 Å². The number of carbonyl (C=O) groups is 1. The van der Waals surface area contributed by atoms with Crippen LogP contribution < -0.4 is 4.74 Å². The molecular formula is C14H18O3. The number of hydrogen-bond donors (Lipinski definition) is 1. The molecule has 1 rings (SSSR count). The summed E-state index contributed by atoms with van der Waals surface area (Å²) in [7, 11) is 0. The molecule has 3 heteroatoms. The zero-order chi connectivity index (χ0) is 12.8. The Morgan fingerprint density at radius 1 is 1.47 bits per heavy atom. The Morgan fingerprint density at radius 2 is 2.18 bits per heavy atom. The molecule has 0 saturated carbocycles. The molecule has 0 aliphatic rings. The summed E-state index contributed by atoms with van der Waals surface area (Å²) in [5, 5.41) is 8.71. The zero-order valence-electron chi connectivity index (χ0n) is 10.5. The zero-order valence-corrected chi connectivity index (χ0v) is 10.5. The number of ether oxygens (including phenoxy) is 1. The highest BCUT2D eigenvalue weighted by atomic mass is 16.5. The van der Waals surface area contributed by atoms with E-state index in [-0.39, 0.29) is 0 Å². The van der Waals surface area contributed by atoms with Crippen LogP contribution in [0.15, 0.2) is 24.3 Å². The molecule has 0 saturated heterocycles. The van der Waals surface area contributed by atoms with Crippen LogP contribution in [-0.4, -0.2) is 17.7 Å². The molecule has 0 unspecified atom stereocenters. The molecule has 0 aliphatic heterocycles. The Labute approximate surface area is 102 Å². The Kier molecular flexibility index (Phi) is 4.76. The number of rotatable bonds is 5. The van der Waals surface area contributed by atoms with Crippen LogP contribution in [0.2, 0.25) is 0 Å². The fourth-order valence-corrected chi connectivity index (χ4v) is 1.65. The van der Waals surface area contributed by atoms with E-state index in [0.29, 0.717) is 6.61 Å². The van der Waals surface area contributed by atoms with E-state index >= 15 is 0 Å². The van der Waals surface area contributed by atoms with Crippen LogP contribution in [-0.2, 0) is 4.79 Å². The lowest BCUT2D eigenvalue weighted by Crippen LogP contribution is -1.97. The lowest BCUT2D eigenvalue weighted by Gasteiger charge is -2.09. The van der Waals surface area contributed by atoms with Crippen molar-refractivity contribution in [1.82, 2.24) is 0 Å². The summed E-state index contributed by atoms with van der Waals surface area (Å²) >= 11 is 0. The fourth-order valence-electron chi connectivity index (χ4n) is 1.65. The smallest absolute Gasteiger partial charge is 0.328 e. The van der Waals surface area contributed by atoms with Crippen molar-refractivity contribution in [2.24, 2.45) is 0 Å². The number of benzene rings is 1. The van der Waals surface area contributed by atoms with Crippen molar-refractivity contribution in [2.75, 3.05) is 6.61 Å². The van der Waals surface area contributed by atoms with Crippen molar-refractivity contribution >= 4 is 11.5 Å².